The topological polar surface area (TPSA) is 106 Å². The van der Waals surface area contributed by atoms with Crippen molar-refractivity contribution < 1.29 is 19.2 Å². The van der Waals surface area contributed by atoms with Crippen molar-refractivity contribution in [3.63, 3.8) is 0 Å². The van der Waals surface area contributed by atoms with Crippen molar-refractivity contribution in [3.05, 3.63) is 57.9 Å². The first kappa shape index (κ1) is 13.5. The molecule has 2 rings (SSSR count). The summed E-state index contributed by atoms with van der Waals surface area (Å²) in [4.78, 5) is 20.9. The predicted octanol–water partition coefficient (Wildman–Crippen LogP) is 2.68. The minimum absolute atomic E-state index is 0.149. The van der Waals surface area contributed by atoms with Crippen molar-refractivity contribution in [2.45, 2.75) is 0 Å². The normalized spacial score (nSPS) is 10.2. The molecule has 0 fully saturated rings. The first-order valence-corrected chi connectivity index (χ1v) is 5.47. The maximum Gasteiger partial charge on any atom is 0.340 e. The molecule has 0 saturated carbocycles. The smallest absolute Gasteiger partial charge is 0.340 e. The quantitative estimate of drug-likeness (QED) is 0.509. The van der Waals surface area contributed by atoms with E-state index < -0.39 is 22.3 Å². The Hall–Kier alpha value is -2.96. The van der Waals surface area contributed by atoms with E-state index >= 15 is 0 Å². The molecule has 0 saturated heterocycles. The van der Waals surface area contributed by atoms with Crippen molar-refractivity contribution in [1.29, 1.82) is 0 Å². The van der Waals surface area contributed by atoms with Gasteiger partial charge in [0.1, 0.15) is 11.4 Å². The zero-order chi connectivity index (χ0) is 14.9. The molecule has 0 heterocycles. The van der Waals surface area contributed by atoms with E-state index in [2.05, 4.69) is 0 Å². The molecule has 0 atom stereocenters. The third kappa shape index (κ3) is 2.41. The van der Waals surface area contributed by atoms with E-state index in [1.165, 1.54) is 24.3 Å². The van der Waals surface area contributed by atoms with Crippen molar-refractivity contribution in [3.8, 4) is 11.1 Å². The first-order chi connectivity index (χ1) is 9.40. The lowest BCUT2D eigenvalue weighted by molar-refractivity contribution is -0.384. The fourth-order valence-corrected chi connectivity index (χ4v) is 1.82. The molecule has 0 radical (unpaired) electrons. The molecule has 2 aromatic rings. The Morgan fingerprint density at radius 2 is 1.95 bits per heavy atom. The number of carboxylic acid groups (broad SMARTS) is 1. The summed E-state index contributed by atoms with van der Waals surface area (Å²) in [5.41, 5.74) is 5.15. The second kappa shape index (κ2) is 4.96. The summed E-state index contributed by atoms with van der Waals surface area (Å²) < 4.78 is 13.7. The van der Waals surface area contributed by atoms with Crippen LogP contribution in [-0.2, 0) is 0 Å². The van der Waals surface area contributed by atoms with Gasteiger partial charge in [0.05, 0.1) is 4.92 Å². The molecule has 0 aliphatic carbocycles. The lowest BCUT2D eigenvalue weighted by Crippen LogP contribution is -2.06. The number of nitro groups is 1. The Morgan fingerprint density at radius 3 is 2.50 bits per heavy atom. The summed E-state index contributed by atoms with van der Waals surface area (Å²) >= 11 is 0. The van der Waals surface area contributed by atoms with Gasteiger partial charge in [-0.05, 0) is 23.3 Å². The van der Waals surface area contributed by atoms with Gasteiger partial charge in [-0.1, -0.05) is 12.1 Å². The lowest BCUT2D eigenvalue weighted by Gasteiger charge is -2.07. The Bertz CT molecular complexity index is 692. The number of hydrogen-bond acceptors (Lipinski definition) is 4. The van der Waals surface area contributed by atoms with Gasteiger partial charge in [-0.3, -0.25) is 10.1 Å². The molecule has 0 aromatic heterocycles. The van der Waals surface area contributed by atoms with Crippen LogP contribution in [0.5, 0.6) is 0 Å². The highest BCUT2D eigenvalue weighted by atomic mass is 19.1. The number of benzene rings is 2. The average Bonchev–Trinajstić information content (AvgIpc) is 2.37. The van der Waals surface area contributed by atoms with Crippen LogP contribution in [-0.4, -0.2) is 16.0 Å². The number of nitrogen functional groups attached to an aromatic ring is 1. The molecular weight excluding hydrogens is 267 g/mol. The highest BCUT2D eigenvalue weighted by molar-refractivity contribution is 5.95. The van der Waals surface area contributed by atoms with Crippen LogP contribution in [0.2, 0.25) is 0 Å². The van der Waals surface area contributed by atoms with E-state index in [1.54, 1.807) is 6.07 Å². The molecule has 3 N–H and O–H groups in total. The number of carbonyl (C=O) groups is 1. The van der Waals surface area contributed by atoms with Gasteiger partial charge >= 0.3 is 5.97 Å². The maximum atomic E-state index is 13.7. The number of rotatable bonds is 3. The summed E-state index contributed by atoms with van der Waals surface area (Å²) in [5.74, 6) is -2.45. The summed E-state index contributed by atoms with van der Waals surface area (Å²) in [6, 6.07) is 7.81. The number of aromatic carboxylic acids is 1. The second-order valence-corrected chi connectivity index (χ2v) is 4.03. The van der Waals surface area contributed by atoms with Crippen LogP contribution in [0, 0.1) is 15.9 Å². The third-order valence-electron chi connectivity index (χ3n) is 2.72. The van der Waals surface area contributed by atoms with Crippen LogP contribution in [0.25, 0.3) is 11.1 Å². The standard InChI is InChI=1S/C13H9FN2O4/c14-10-5-8(6-11(15)12(10)13(17)18)7-2-1-3-9(4-7)16(19)20/h1-6H,15H2,(H,17,18). The van der Waals surface area contributed by atoms with Gasteiger partial charge in [0.15, 0.2) is 0 Å². The van der Waals surface area contributed by atoms with E-state index in [0.29, 0.717) is 5.56 Å². The minimum atomic E-state index is -1.47. The number of nitrogens with two attached hydrogens (primary N) is 1. The van der Waals surface area contributed by atoms with Crippen molar-refractivity contribution >= 4 is 17.3 Å². The minimum Gasteiger partial charge on any atom is -0.478 e. The second-order valence-electron chi connectivity index (χ2n) is 4.03. The largest absolute Gasteiger partial charge is 0.478 e. The molecule has 7 heteroatoms. The van der Waals surface area contributed by atoms with E-state index in [4.69, 9.17) is 10.8 Å². The number of carboxylic acids is 1. The van der Waals surface area contributed by atoms with Gasteiger partial charge in [0.25, 0.3) is 5.69 Å². The first-order valence-electron chi connectivity index (χ1n) is 5.47. The van der Waals surface area contributed by atoms with Gasteiger partial charge < -0.3 is 10.8 Å². The van der Waals surface area contributed by atoms with E-state index in [1.807, 2.05) is 0 Å². The zero-order valence-electron chi connectivity index (χ0n) is 10.0. The number of nitrogens with zero attached hydrogens (tertiary/aromatic N) is 1. The highest BCUT2D eigenvalue weighted by Crippen LogP contribution is 2.28. The summed E-state index contributed by atoms with van der Waals surface area (Å²) in [6.07, 6.45) is 0. The Morgan fingerprint density at radius 1 is 1.25 bits per heavy atom. The summed E-state index contributed by atoms with van der Waals surface area (Å²) in [7, 11) is 0. The Balaban J connectivity index is 2.57. The van der Waals surface area contributed by atoms with Gasteiger partial charge in [-0.15, -0.1) is 0 Å². The van der Waals surface area contributed by atoms with Gasteiger partial charge in [-0.2, -0.15) is 0 Å². The van der Waals surface area contributed by atoms with Crippen LogP contribution < -0.4 is 5.73 Å². The Labute approximate surface area is 112 Å². The monoisotopic (exact) mass is 276 g/mol. The van der Waals surface area contributed by atoms with Gasteiger partial charge in [0, 0.05) is 17.8 Å². The van der Waals surface area contributed by atoms with Gasteiger partial charge in [-0.25, -0.2) is 9.18 Å². The highest BCUT2D eigenvalue weighted by Gasteiger charge is 2.17. The number of hydrogen-bond donors (Lipinski definition) is 2. The maximum absolute atomic E-state index is 13.7. The zero-order valence-corrected chi connectivity index (χ0v) is 10.0. The molecule has 102 valence electrons. The van der Waals surface area contributed by atoms with Crippen LogP contribution in [0.15, 0.2) is 36.4 Å². The SMILES string of the molecule is Nc1cc(-c2cccc([N+](=O)[O-])c2)cc(F)c1C(=O)O. The molecule has 0 unspecified atom stereocenters. The average molecular weight is 276 g/mol. The van der Waals surface area contributed by atoms with Crippen molar-refractivity contribution in [2.75, 3.05) is 5.73 Å². The molecule has 0 amide bonds. The van der Waals surface area contributed by atoms with Gasteiger partial charge in [0.2, 0.25) is 0 Å². The third-order valence-corrected chi connectivity index (χ3v) is 2.72. The van der Waals surface area contributed by atoms with Crippen LogP contribution in [0.4, 0.5) is 15.8 Å². The van der Waals surface area contributed by atoms with E-state index in [9.17, 15) is 19.3 Å². The fourth-order valence-electron chi connectivity index (χ4n) is 1.82. The lowest BCUT2D eigenvalue weighted by atomic mass is 10.0. The number of nitro benzene ring substituents is 1. The van der Waals surface area contributed by atoms with Crippen molar-refractivity contribution in [1.82, 2.24) is 0 Å². The molecule has 0 aliphatic heterocycles. The van der Waals surface area contributed by atoms with E-state index in [0.717, 1.165) is 6.07 Å². The van der Waals surface area contributed by atoms with Crippen LogP contribution in [0.3, 0.4) is 0 Å². The molecular formula is C13H9FN2O4. The Kier molecular flexibility index (Phi) is 3.34. The molecule has 0 bridgehead atoms. The summed E-state index contributed by atoms with van der Waals surface area (Å²) in [5, 5.41) is 19.5. The molecule has 20 heavy (non-hydrogen) atoms. The van der Waals surface area contributed by atoms with E-state index in [-0.39, 0.29) is 16.9 Å². The van der Waals surface area contributed by atoms with Crippen LogP contribution in [0.1, 0.15) is 10.4 Å². The predicted molar refractivity (Wildman–Crippen MR) is 69.9 cm³/mol. The molecule has 0 spiro atoms. The van der Waals surface area contributed by atoms with Crippen molar-refractivity contribution in [2.24, 2.45) is 0 Å². The molecule has 2 aromatic carbocycles. The number of anilines is 1. The number of non-ortho nitro benzene ring substituents is 1. The summed E-state index contributed by atoms with van der Waals surface area (Å²) in [6.45, 7) is 0. The molecule has 6 nitrogen and oxygen atoms in total. The fraction of sp³-hybridized carbons (Fsp3) is 0. The molecule has 0 aliphatic rings. The number of halogens is 1. The van der Waals surface area contributed by atoms with Crippen LogP contribution >= 0.6 is 0 Å².